The molecule has 1 amide bonds. The van der Waals surface area contributed by atoms with Crippen LogP contribution in [0, 0.1) is 0 Å². The molecule has 0 saturated carbocycles. The lowest BCUT2D eigenvalue weighted by Crippen LogP contribution is -2.30. The summed E-state index contributed by atoms with van der Waals surface area (Å²) in [6.45, 7) is 1.59. The van der Waals surface area contributed by atoms with Crippen molar-refractivity contribution in [2.45, 2.75) is 31.7 Å². The van der Waals surface area contributed by atoms with Gasteiger partial charge in [-0.05, 0) is 41.7 Å². The van der Waals surface area contributed by atoms with Crippen LogP contribution in [0.2, 0.25) is 0 Å². The van der Waals surface area contributed by atoms with E-state index in [2.05, 4.69) is 69.8 Å². The topological polar surface area (TPSA) is 29.1 Å². The Balaban J connectivity index is 1.97. The summed E-state index contributed by atoms with van der Waals surface area (Å²) in [6, 6.07) is 17.2. The zero-order valence-corrected chi connectivity index (χ0v) is 13.6. The lowest BCUT2D eigenvalue weighted by atomic mass is 9.77. The Morgan fingerprint density at radius 2 is 1.71 bits per heavy atom. The van der Waals surface area contributed by atoms with Crippen molar-refractivity contribution in [3.63, 3.8) is 0 Å². The standard InChI is InChI=1S/C18H18BrNO/c1-12(21)20-18-11-10-15(13-6-8-14(19)9-7-13)16-4-2-3-5-17(16)18/h2-9,15,18H,10-11H2,1H3,(H,20,21)/t15?,18-/m1/s1. The second kappa shape index (κ2) is 6.02. The lowest BCUT2D eigenvalue weighted by molar-refractivity contribution is -0.119. The third-order valence-electron chi connectivity index (χ3n) is 4.14. The number of nitrogens with one attached hydrogen (secondary N) is 1. The van der Waals surface area contributed by atoms with Crippen molar-refractivity contribution in [1.82, 2.24) is 5.32 Å². The fourth-order valence-corrected chi connectivity index (χ4v) is 3.49. The van der Waals surface area contributed by atoms with E-state index >= 15 is 0 Å². The second-order valence-corrected chi connectivity index (χ2v) is 6.48. The Morgan fingerprint density at radius 1 is 1.05 bits per heavy atom. The first-order valence-electron chi connectivity index (χ1n) is 7.26. The van der Waals surface area contributed by atoms with Gasteiger partial charge in [-0.1, -0.05) is 52.3 Å². The normalized spacial score (nSPS) is 20.7. The van der Waals surface area contributed by atoms with Crippen LogP contribution in [0.4, 0.5) is 0 Å². The molecule has 2 atom stereocenters. The van der Waals surface area contributed by atoms with Crippen LogP contribution in [-0.4, -0.2) is 5.91 Å². The summed E-state index contributed by atoms with van der Waals surface area (Å²) in [5, 5.41) is 3.07. The van der Waals surface area contributed by atoms with Crippen LogP contribution in [0.25, 0.3) is 0 Å². The summed E-state index contributed by atoms with van der Waals surface area (Å²) in [4.78, 5) is 11.4. The summed E-state index contributed by atoms with van der Waals surface area (Å²) in [5.74, 6) is 0.455. The van der Waals surface area contributed by atoms with Crippen LogP contribution in [-0.2, 0) is 4.79 Å². The third kappa shape index (κ3) is 3.03. The van der Waals surface area contributed by atoms with Crippen molar-refractivity contribution in [2.75, 3.05) is 0 Å². The van der Waals surface area contributed by atoms with E-state index in [9.17, 15) is 4.79 Å². The zero-order chi connectivity index (χ0) is 14.8. The van der Waals surface area contributed by atoms with E-state index in [1.165, 1.54) is 16.7 Å². The smallest absolute Gasteiger partial charge is 0.217 e. The van der Waals surface area contributed by atoms with E-state index in [0.717, 1.165) is 17.3 Å². The van der Waals surface area contributed by atoms with Gasteiger partial charge in [-0.25, -0.2) is 0 Å². The van der Waals surface area contributed by atoms with Crippen LogP contribution < -0.4 is 5.32 Å². The number of hydrogen-bond donors (Lipinski definition) is 1. The number of fused-ring (bicyclic) bond motifs is 1. The Morgan fingerprint density at radius 3 is 2.38 bits per heavy atom. The quantitative estimate of drug-likeness (QED) is 0.851. The van der Waals surface area contributed by atoms with Gasteiger partial charge in [-0.2, -0.15) is 0 Å². The summed E-state index contributed by atoms with van der Waals surface area (Å²) in [6.07, 6.45) is 2.04. The summed E-state index contributed by atoms with van der Waals surface area (Å²) in [5.41, 5.74) is 3.93. The van der Waals surface area contributed by atoms with Crippen molar-refractivity contribution >= 4 is 21.8 Å². The van der Waals surface area contributed by atoms with Gasteiger partial charge in [0.05, 0.1) is 6.04 Å². The molecule has 1 aliphatic carbocycles. The maximum Gasteiger partial charge on any atom is 0.217 e. The Kier molecular flexibility index (Phi) is 4.11. The van der Waals surface area contributed by atoms with Crippen molar-refractivity contribution in [3.8, 4) is 0 Å². The molecule has 1 unspecified atom stereocenters. The molecule has 0 heterocycles. The molecule has 0 saturated heterocycles. The van der Waals surface area contributed by atoms with Gasteiger partial charge in [0.1, 0.15) is 0 Å². The number of carbonyl (C=O) groups is 1. The molecule has 2 nitrogen and oxygen atoms in total. The molecule has 2 aromatic carbocycles. The van der Waals surface area contributed by atoms with E-state index in [4.69, 9.17) is 0 Å². The molecule has 1 N–H and O–H groups in total. The molecule has 0 spiro atoms. The number of benzene rings is 2. The van der Waals surface area contributed by atoms with Crippen LogP contribution in [0.15, 0.2) is 53.0 Å². The van der Waals surface area contributed by atoms with Crippen LogP contribution in [0.1, 0.15) is 48.4 Å². The maximum absolute atomic E-state index is 11.4. The number of halogens is 1. The molecule has 21 heavy (non-hydrogen) atoms. The largest absolute Gasteiger partial charge is 0.350 e. The molecule has 0 aliphatic heterocycles. The molecule has 1 aliphatic rings. The minimum absolute atomic E-state index is 0.0388. The first kappa shape index (κ1) is 14.3. The van der Waals surface area contributed by atoms with Crippen molar-refractivity contribution < 1.29 is 4.79 Å². The fraction of sp³-hybridized carbons (Fsp3) is 0.278. The van der Waals surface area contributed by atoms with Gasteiger partial charge in [0, 0.05) is 17.3 Å². The predicted molar refractivity (Wildman–Crippen MR) is 88.2 cm³/mol. The molecular weight excluding hydrogens is 326 g/mol. The molecule has 108 valence electrons. The summed E-state index contributed by atoms with van der Waals surface area (Å²) < 4.78 is 1.10. The van der Waals surface area contributed by atoms with Crippen LogP contribution >= 0.6 is 15.9 Å². The van der Waals surface area contributed by atoms with Gasteiger partial charge >= 0.3 is 0 Å². The molecule has 0 fully saturated rings. The maximum atomic E-state index is 11.4. The fourth-order valence-electron chi connectivity index (χ4n) is 3.23. The van der Waals surface area contributed by atoms with E-state index in [0.29, 0.717) is 5.92 Å². The highest BCUT2D eigenvalue weighted by Crippen LogP contribution is 2.41. The van der Waals surface area contributed by atoms with Gasteiger partial charge < -0.3 is 5.32 Å². The molecule has 0 aromatic heterocycles. The van der Waals surface area contributed by atoms with E-state index in [-0.39, 0.29) is 11.9 Å². The van der Waals surface area contributed by atoms with Gasteiger partial charge in [0.2, 0.25) is 5.91 Å². The highest BCUT2D eigenvalue weighted by atomic mass is 79.9. The number of amides is 1. The SMILES string of the molecule is CC(=O)N[C@@H]1CCC(c2ccc(Br)cc2)c2ccccc21. The van der Waals surface area contributed by atoms with Crippen molar-refractivity contribution in [1.29, 1.82) is 0 Å². The minimum Gasteiger partial charge on any atom is -0.350 e. The highest BCUT2D eigenvalue weighted by molar-refractivity contribution is 9.10. The number of hydrogen-bond acceptors (Lipinski definition) is 1. The number of carbonyl (C=O) groups excluding carboxylic acids is 1. The van der Waals surface area contributed by atoms with Crippen LogP contribution in [0.5, 0.6) is 0 Å². The first-order chi connectivity index (χ1) is 10.1. The van der Waals surface area contributed by atoms with Crippen LogP contribution in [0.3, 0.4) is 0 Å². The van der Waals surface area contributed by atoms with Gasteiger partial charge in [0.25, 0.3) is 0 Å². The Bertz CT molecular complexity index is 651. The van der Waals surface area contributed by atoms with E-state index < -0.39 is 0 Å². The lowest BCUT2D eigenvalue weighted by Gasteiger charge is -2.32. The molecule has 3 heteroatoms. The molecule has 2 aromatic rings. The van der Waals surface area contributed by atoms with E-state index in [1.54, 1.807) is 6.92 Å². The predicted octanol–water partition coefficient (Wildman–Crippen LogP) is 4.55. The average molecular weight is 344 g/mol. The summed E-state index contributed by atoms with van der Waals surface area (Å²) >= 11 is 3.49. The highest BCUT2D eigenvalue weighted by Gasteiger charge is 2.28. The monoisotopic (exact) mass is 343 g/mol. The molecule has 3 rings (SSSR count). The molecule has 0 bridgehead atoms. The molecular formula is C18H18BrNO. The number of rotatable bonds is 2. The second-order valence-electron chi connectivity index (χ2n) is 5.56. The zero-order valence-electron chi connectivity index (χ0n) is 12.0. The Hall–Kier alpha value is -1.61. The van der Waals surface area contributed by atoms with Crippen molar-refractivity contribution in [2.24, 2.45) is 0 Å². The van der Waals surface area contributed by atoms with E-state index in [1.807, 2.05) is 0 Å². The van der Waals surface area contributed by atoms with Gasteiger partial charge in [0.15, 0.2) is 0 Å². The molecule has 0 radical (unpaired) electrons. The average Bonchev–Trinajstić information content (AvgIpc) is 2.48. The Labute approximate surface area is 133 Å². The van der Waals surface area contributed by atoms with Gasteiger partial charge in [-0.15, -0.1) is 0 Å². The summed E-state index contributed by atoms with van der Waals surface area (Å²) in [7, 11) is 0. The van der Waals surface area contributed by atoms with Crippen molar-refractivity contribution in [3.05, 3.63) is 69.7 Å². The van der Waals surface area contributed by atoms with Gasteiger partial charge in [-0.3, -0.25) is 4.79 Å². The third-order valence-corrected chi connectivity index (χ3v) is 4.67. The first-order valence-corrected chi connectivity index (χ1v) is 8.06. The minimum atomic E-state index is 0.0388.